The SMILES string of the molecule is Cc1nc(-c2ccc(NC(=O)Cc3nc(-c4ccccc4)oc3C)cc2)cs1. The zero-order valence-corrected chi connectivity index (χ0v) is 16.4. The highest BCUT2D eigenvalue weighted by Crippen LogP contribution is 2.24. The summed E-state index contributed by atoms with van der Waals surface area (Å²) in [4.78, 5) is 21.4. The average Bonchev–Trinajstić information content (AvgIpc) is 3.29. The van der Waals surface area contributed by atoms with Gasteiger partial charge in [0.1, 0.15) is 5.76 Å². The highest BCUT2D eigenvalue weighted by molar-refractivity contribution is 7.09. The Kier molecular flexibility index (Phi) is 5.04. The lowest BCUT2D eigenvalue weighted by Crippen LogP contribution is -2.15. The summed E-state index contributed by atoms with van der Waals surface area (Å²) in [5.41, 5.74) is 4.26. The van der Waals surface area contributed by atoms with E-state index in [2.05, 4.69) is 15.3 Å². The monoisotopic (exact) mass is 389 g/mol. The summed E-state index contributed by atoms with van der Waals surface area (Å²) in [6, 6.07) is 17.3. The molecule has 5 nitrogen and oxygen atoms in total. The van der Waals surface area contributed by atoms with E-state index in [1.807, 2.05) is 73.8 Å². The molecule has 0 saturated carbocycles. The van der Waals surface area contributed by atoms with Crippen molar-refractivity contribution in [1.29, 1.82) is 0 Å². The molecule has 2 aromatic heterocycles. The van der Waals surface area contributed by atoms with Gasteiger partial charge in [-0.1, -0.05) is 30.3 Å². The van der Waals surface area contributed by atoms with Crippen LogP contribution in [0, 0.1) is 13.8 Å². The fourth-order valence-corrected chi connectivity index (χ4v) is 3.50. The Morgan fingerprint density at radius 3 is 2.43 bits per heavy atom. The smallest absolute Gasteiger partial charge is 0.230 e. The molecule has 1 amide bonds. The van der Waals surface area contributed by atoms with Gasteiger partial charge in [-0.2, -0.15) is 0 Å². The second-order valence-electron chi connectivity index (χ2n) is 6.44. The molecule has 0 aliphatic heterocycles. The molecular weight excluding hydrogens is 370 g/mol. The van der Waals surface area contributed by atoms with Crippen LogP contribution in [0.1, 0.15) is 16.5 Å². The maximum absolute atomic E-state index is 12.4. The van der Waals surface area contributed by atoms with Crippen molar-refractivity contribution >= 4 is 22.9 Å². The first-order valence-corrected chi connectivity index (χ1v) is 9.80. The number of aromatic nitrogens is 2. The van der Waals surface area contributed by atoms with E-state index < -0.39 is 0 Å². The molecule has 1 N–H and O–H groups in total. The number of rotatable bonds is 5. The van der Waals surface area contributed by atoms with Gasteiger partial charge in [-0.25, -0.2) is 9.97 Å². The maximum atomic E-state index is 12.4. The van der Waals surface area contributed by atoms with Crippen molar-refractivity contribution in [3.63, 3.8) is 0 Å². The third kappa shape index (κ3) is 4.02. The normalized spacial score (nSPS) is 10.8. The topological polar surface area (TPSA) is 68.0 Å². The molecule has 2 heterocycles. The molecule has 0 fully saturated rings. The Labute approximate surface area is 167 Å². The Hall–Kier alpha value is -3.25. The molecule has 6 heteroatoms. The van der Waals surface area contributed by atoms with Crippen molar-refractivity contribution in [2.24, 2.45) is 0 Å². The lowest BCUT2D eigenvalue weighted by atomic mass is 10.1. The lowest BCUT2D eigenvalue weighted by Gasteiger charge is -2.05. The van der Waals surface area contributed by atoms with Crippen molar-refractivity contribution in [3.05, 3.63) is 76.4 Å². The Morgan fingerprint density at radius 1 is 1.00 bits per heavy atom. The summed E-state index contributed by atoms with van der Waals surface area (Å²) in [5.74, 6) is 1.06. The molecular formula is C22H19N3O2S. The van der Waals surface area contributed by atoms with E-state index in [0.717, 1.165) is 27.5 Å². The summed E-state index contributed by atoms with van der Waals surface area (Å²) in [6.07, 6.45) is 0.162. The first-order valence-electron chi connectivity index (χ1n) is 8.92. The van der Waals surface area contributed by atoms with Crippen LogP contribution < -0.4 is 5.32 Å². The number of amides is 1. The second-order valence-corrected chi connectivity index (χ2v) is 7.50. The quantitative estimate of drug-likeness (QED) is 0.505. The summed E-state index contributed by atoms with van der Waals surface area (Å²) >= 11 is 1.62. The fraction of sp³-hybridized carbons (Fsp3) is 0.136. The van der Waals surface area contributed by atoms with E-state index in [1.54, 1.807) is 11.3 Å². The molecule has 4 rings (SSSR count). The number of thiazole rings is 1. The van der Waals surface area contributed by atoms with Gasteiger partial charge in [0.05, 0.1) is 22.8 Å². The molecule has 0 bridgehead atoms. The van der Waals surface area contributed by atoms with E-state index in [4.69, 9.17) is 4.42 Å². The number of oxazole rings is 1. The van der Waals surface area contributed by atoms with Gasteiger partial charge in [-0.3, -0.25) is 4.79 Å². The molecule has 0 aliphatic rings. The maximum Gasteiger partial charge on any atom is 0.230 e. The van der Waals surface area contributed by atoms with Gasteiger partial charge in [0.25, 0.3) is 0 Å². The average molecular weight is 389 g/mol. The minimum atomic E-state index is -0.131. The van der Waals surface area contributed by atoms with E-state index in [9.17, 15) is 4.79 Å². The molecule has 140 valence electrons. The fourth-order valence-electron chi connectivity index (χ4n) is 2.87. The summed E-state index contributed by atoms with van der Waals surface area (Å²) in [7, 11) is 0. The van der Waals surface area contributed by atoms with Gasteiger partial charge in [-0.05, 0) is 38.1 Å². The van der Waals surface area contributed by atoms with Crippen LogP contribution >= 0.6 is 11.3 Å². The number of hydrogen-bond donors (Lipinski definition) is 1. The number of anilines is 1. The molecule has 28 heavy (non-hydrogen) atoms. The van der Waals surface area contributed by atoms with Gasteiger partial charge in [-0.15, -0.1) is 11.3 Å². The first-order chi connectivity index (χ1) is 13.6. The number of carbonyl (C=O) groups excluding carboxylic acids is 1. The van der Waals surface area contributed by atoms with Crippen molar-refractivity contribution in [1.82, 2.24) is 9.97 Å². The van der Waals surface area contributed by atoms with Crippen LogP contribution in [0.4, 0.5) is 5.69 Å². The Balaban J connectivity index is 1.43. The molecule has 0 atom stereocenters. The Bertz CT molecular complexity index is 1100. The van der Waals surface area contributed by atoms with Gasteiger partial charge >= 0.3 is 0 Å². The van der Waals surface area contributed by atoms with Crippen molar-refractivity contribution < 1.29 is 9.21 Å². The zero-order chi connectivity index (χ0) is 19.5. The van der Waals surface area contributed by atoms with Crippen LogP contribution in [-0.2, 0) is 11.2 Å². The number of nitrogens with one attached hydrogen (secondary N) is 1. The third-order valence-corrected chi connectivity index (χ3v) is 5.10. The van der Waals surface area contributed by atoms with Gasteiger partial charge in [0.15, 0.2) is 0 Å². The molecule has 2 aromatic carbocycles. The standard InChI is InChI=1S/C22H19N3O2S/c1-14-19(25-22(27-14)17-6-4-3-5-7-17)12-21(26)24-18-10-8-16(9-11-18)20-13-28-15(2)23-20/h3-11,13H,12H2,1-2H3,(H,24,26). The van der Waals surface area contributed by atoms with Gasteiger partial charge in [0.2, 0.25) is 11.8 Å². The van der Waals surface area contributed by atoms with E-state index in [1.165, 1.54) is 0 Å². The van der Waals surface area contributed by atoms with Crippen LogP contribution in [0.5, 0.6) is 0 Å². The van der Waals surface area contributed by atoms with Gasteiger partial charge < -0.3 is 9.73 Å². The minimum Gasteiger partial charge on any atom is -0.441 e. The molecule has 0 aliphatic carbocycles. The number of hydrogen-bond acceptors (Lipinski definition) is 5. The highest BCUT2D eigenvalue weighted by Gasteiger charge is 2.15. The zero-order valence-electron chi connectivity index (χ0n) is 15.6. The molecule has 0 unspecified atom stereocenters. The summed E-state index contributed by atoms with van der Waals surface area (Å²) < 4.78 is 5.72. The largest absolute Gasteiger partial charge is 0.441 e. The van der Waals surface area contributed by atoms with Crippen LogP contribution in [0.15, 0.2) is 64.4 Å². The van der Waals surface area contributed by atoms with Crippen LogP contribution in [0.2, 0.25) is 0 Å². The summed E-state index contributed by atoms with van der Waals surface area (Å²) in [5, 5.41) is 5.97. The summed E-state index contributed by atoms with van der Waals surface area (Å²) in [6.45, 7) is 3.81. The van der Waals surface area contributed by atoms with Crippen molar-refractivity contribution in [3.8, 4) is 22.7 Å². The number of aryl methyl sites for hydroxylation is 2. The van der Waals surface area contributed by atoms with E-state index >= 15 is 0 Å². The predicted molar refractivity (Wildman–Crippen MR) is 111 cm³/mol. The number of nitrogens with zero attached hydrogens (tertiary/aromatic N) is 2. The lowest BCUT2D eigenvalue weighted by molar-refractivity contribution is -0.115. The molecule has 0 spiro atoms. The van der Waals surface area contributed by atoms with E-state index in [0.29, 0.717) is 17.3 Å². The predicted octanol–water partition coefficient (Wildman–Crippen LogP) is 5.26. The van der Waals surface area contributed by atoms with Gasteiger partial charge in [0, 0.05) is 22.2 Å². The Morgan fingerprint density at radius 2 is 1.75 bits per heavy atom. The minimum absolute atomic E-state index is 0.131. The molecule has 0 radical (unpaired) electrons. The first kappa shape index (κ1) is 18.1. The highest BCUT2D eigenvalue weighted by atomic mass is 32.1. The number of benzene rings is 2. The van der Waals surface area contributed by atoms with Crippen LogP contribution in [0.3, 0.4) is 0 Å². The van der Waals surface area contributed by atoms with Crippen molar-refractivity contribution in [2.75, 3.05) is 5.32 Å². The van der Waals surface area contributed by atoms with Crippen LogP contribution in [0.25, 0.3) is 22.7 Å². The third-order valence-electron chi connectivity index (χ3n) is 4.32. The molecule has 0 saturated heterocycles. The van der Waals surface area contributed by atoms with Crippen LogP contribution in [-0.4, -0.2) is 15.9 Å². The number of carbonyl (C=O) groups is 1. The van der Waals surface area contributed by atoms with E-state index in [-0.39, 0.29) is 12.3 Å². The second kappa shape index (κ2) is 7.78. The van der Waals surface area contributed by atoms with Crippen molar-refractivity contribution in [2.45, 2.75) is 20.3 Å². The molecule has 4 aromatic rings.